The maximum absolute atomic E-state index is 13.9. The fourth-order valence-electron chi connectivity index (χ4n) is 3.06. The van der Waals surface area contributed by atoms with Gasteiger partial charge in [0, 0.05) is 28.7 Å². The average molecular weight is 506 g/mol. The van der Waals surface area contributed by atoms with E-state index in [1.807, 2.05) is 0 Å². The van der Waals surface area contributed by atoms with E-state index < -0.39 is 42.2 Å². The Labute approximate surface area is 194 Å². The van der Waals surface area contributed by atoms with Crippen LogP contribution >= 0.6 is 0 Å². The SMILES string of the molecule is Nc1ccc(Oc2cccc(N(CC(O)C(F)(F)F)c3cccc(C(F)(F)C(F)(F)F)c3)c2)cc1. The van der Waals surface area contributed by atoms with Crippen LogP contribution in [0.3, 0.4) is 0 Å². The first kappa shape index (κ1) is 26.1. The number of aliphatic hydroxyl groups is 1. The van der Waals surface area contributed by atoms with E-state index in [1.165, 1.54) is 48.5 Å². The van der Waals surface area contributed by atoms with Gasteiger partial charge in [-0.05, 0) is 48.5 Å². The molecule has 3 aromatic rings. The van der Waals surface area contributed by atoms with Gasteiger partial charge in [-0.1, -0.05) is 18.2 Å². The number of nitrogen functional groups attached to an aromatic ring is 1. The fourth-order valence-corrected chi connectivity index (χ4v) is 3.06. The monoisotopic (exact) mass is 506 g/mol. The largest absolute Gasteiger partial charge is 0.458 e. The van der Waals surface area contributed by atoms with Crippen LogP contribution in [0.2, 0.25) is 0 Å². The summed E-state index contributed by atoms with van der Waals surface area (Å²) in [7, 11) is 0. The topological polar surface area (TPSA) is 58.7 Å². The Morgan fingerprint density at radius 2 is 1.34 bits per heavy atom. The lowest BCUT2D eigenvalue weighted by Crippen LogP contribution is -2.39. The number of ether oxygens (including phenoxy) is 1. The summed E-state index contributed by atoms with van der Waals surface area (Å²) in [4.78, 5) is 0.768. The fraction of sp³-hybridized carbons (Fsp3) is 0.217. The van der Waals surface area contributed by atoms with Crippen LogP contribution in [0, 0.1) is 0 Å². The van der Waals surface area contributed by atoms with Gasteiger partial charge in [-0.15, -0.1) is 0 Å². The smallest absolute Gasteiger partial charge is 0.457 e. The van der Waals surface area contributed by atoms with E-state index in [4.69, 9.17) is 10.5 Å². The first-order valence-corrected chi connectivity index (χ1v) is 9.89. The molecule has 0 aliphatic carbocycles. The van der Waals surface area contributed by atoms with Gasteiger partial charge in [-0.2, -0.15) is 35.1 Å². The molecule has 0 fully saturated rings. The van der Waals surface area contributed by atoms with E-state index in [0.717, 1.165) is 17.0 Å². The highest BCUT2D eigenvalue weighted by Crippen LogP contribution is 2.45. The van der Waals surface area contributed by atoms with E-state index in [2.05, 4.69) is 0 Å². The number of nitrogens with zero attached hydrogens (tertiary/aromatic N) is 1. The number of aliphatic hydroxyl groups excluding tert-OH is 1. The van der Waals surface area contributed by atoms with Crippen LogP contribution in [-0.4, -0.2) is 30.1 Å². The molecule has 3 rings (SSSR count). The van der Waals surface area contributed by atoms with Gasteiger partial charge in [-0.25, -0.2) is 0 Å². The first-order chi connectivity index (χ1) is 16.2. The lowest BCUT2D eigenvalue weighted by atomic mass is 10.1. The molecule has 1 atom stereocenters. The van der Waals surface area contributed by atoms with Crippen LogP contribution in [0.4, 0.5) is 52.2 Å². The average Bonchev–Trinajstić information content (AvgIpc) is 2.77. The van der Waals surface area contributed by atoms with Crippen molar-refractivity contribution in [3.05, 3.63) is 78.4 Å². The number of nitrogens with two attached hydrogens (primary N) is 1. The van der Waals surface area contributed by atoms with Crippen molar-refractivity contribution in [2.75, 3.05) is 17.2 Å². The van der Waals surface area contributed by atoms with Gasteiger partial charge in [0.1, 0.15) is 11.5 Å². The third-order valence-corrected chi connectivity index (χ3v) is 4.85. The van der Waals surface area contributed by atoms with Gasteiger partial charge < -0.3 is 20.5 Å². The van der Waals surface area contributed by atoms with Crippen molar-refractivity contribution in [2.24, 2.45) is 0 Å². The Bertz CT molecular complexity index is 1150. The molecular formula is C23H18F8N2O2. The molecule has 188 valence electrons. The molecule has 12 heteroatoms. The second-order valence-electron chi connectivity index (χ2n) is 7.46. The number of halogens is 8. The molecule has 0 radical (unpaired) electrons. The molecule has 0 bridgehead atoms. The Kier molecular flexibility index (Phi) is 7.16. The van der Waals surface area contributed by atoms with Crippen LogP contribution in [0.25, 0.3) is 0 Å². The number of hydrogen-bond acceptors (Lipinski definition) is 4. The zero-order valence-electron chi connectivity index (χ0n) is 17.6. The standard InChI is InChI=1S/C23H18F8N2O2/c24-21(25,23(29,30)31)14-3-1-4-16(11-14)33(13-20(34)22(26,27)28)17-5-2-6-19(12-17)35-18-9-7-15(32)8-10-18/h1-12,20,34H,13,32H2. The van der Waals surface area contributed by atoms with Crippen molar-refractivity contribution < 1.29 is 45.0 Å². The number of anilines is 3. The lowest BCUT2D eigenvalue weighted by Gasteiger charge is -2.29. The van der Waals surface area contributed by atoms with Crippen LogP contribution in [-0.2, 0) is 5.92 Å². The van der Waals surface area contributed by atoms with Gasteiger partial charge >= 0.3 is 18.3 Å². The molecule has 35 heavy (non-hydrogen) atoms. The van der Waals surface area contributed by atoms with E-state index >= 15 is 0 Å². The number of alkyl halides is 8. The molecule has 0 aliphatic heterocycles. The van der Waals surface area contributed by atoms with Gasteiger partial charge in [-0.3, -0.25) is 0 Å². The minimum Gasteiger partial charge on any atom is -0.457 e. The molecule has 1 unspecified atom stereocenters. The molecule has 0 aromatic heterocycles. The molecule has 3 aromatic carbocycles. The van der Waals surface area contributed by atoms with E-state index in [1.54, 1.807) is 0 Å². The second-order valence-corrected chi connectivity index (χ2v) is 7.46. The van der Waals surface area contributed by atoms with Gasteiger partial charge in [0.15, 0.2) is 6.10 Å². The van der Waals surface area contributed by atoms with Crippen molar-refractivity contribution in [1.82, 2.24) is 0 Å². The number of rotatable bonds is 7. The molecule has 0 heterocycles. The lowest BCUT2D eigenvalue weighted by molar-refractivity contribution is -0.289. The summed E-state index contributed by atoms with van der Waals surface area (Å²) in [5.74, 6) is -4.81. The molecule has 0 saturated carbocycles. The van der Waals surface area contributed by atoms with Gasteiger partial charge in [0.25, 0.3) is 0 Å². The zero-order valence-corrected chi connectivity index (χ0v) is 17.6. The minimum atomic E-state index is -5.92. The van der Waals surface area contributed by atoms with E-state index in [9.17, 15) is 40.2 Å². The summed E-state index contributed by atoms with van der Waals surface area (Å²) in [6, 6.07) is 14.3. The van der Waals surface area contributed by atoms with Crippen LogP contribution in [0.1, 0.15) is 5.56 Å². The van der Waals surface area contributed by atoms with E-state index in [-0.39, 0.29) is 11.4 Å². The second kappa shape index (κ2) is 9.61. The Hall–Kier alpha value is -3.54. The summed E-state index contributed by atoms with van der Waals surface area (Å²) < 4.78 is 111. The Morgan fingerprint density at radius 1 is 0.771 bits per heavy atom. The molecular weight excluding hydrogens is 488 g/mol. The summed E-state index contributed by atoms with van der Waals surface area (Å²) in [5, 5.41) is 9.63. The molecule has 4 nitrogen and oxygen atoms in total. The summed E-state index contributed by atoms with van der Waals surface area (Å²) >= 11 is 0. The van der Waals surface area contributed by atoms with Gasteiger partial charge in [0.05, 0.1) is 6.54 Å². The normalized spacial score (nSPS) is 13.4. The third kappa shape index (κ3) is 6.13. The Balaban J connectivity index is 2.03. The van der Waals surface area contributed by atoms with Crippen LogP contribution in [0.5, 0.6) is 11.5 Å². The summed E-state index contributed by atoms with van der Waals surface area (Å²) in [6.07, 6.45) is -13.9. The van der Waals surface area contributed by atoms with Crippen molar-refractivity contribution in [2.45, 2.75) is 24.4 Å². The minimum absolute atomic E-state index is 0.0614. The third-order valence-electron chi connectivity index (χ3n) is 4.85. The highest BCUT2D eigenvalue weighted by Gasteiger charge is 2.58. The number of benzene rings is 3. The van der Waals surface area contributed by atoms with Crippen molar-refractivity contribution in [1.29, 1.82) is 0 Å². The Morgan fingerprint density at radius 3 is 1.91 bits per heavy atom. The maximum atomic E-state index is 13.9. The predicted octanol–water partition coefficient (Wildman–Crippen LogP) is 6.78. The number of hydrogen-bond donors (Lipinski definition) is 2. The van der Waals surface area contributed by atoms with Crippen molar-refractivity contribution >= 4 is 17.1 Å². The summed E-state index contributed by atoms with van der Waals surface area (Å²) in [5.41, 5.74) is 4.09. The molecule has 3 N–H and O–H groups in total. The van der Waals surface area contributed by atoms with Crippen LogP contribution < -0.4 is 15.4 Å². The highest BCUT2D eigenvalue weighted by atomic mass is 19.4. The maximum Gasteiger partial charge on any atom is 0.458 e. The van der Waals surface area contributed by atoms with Crippen molar-refractivity contribution in [3.8, 4) is 11.5 Å². The van der Waals surface area contributed by atoms with Gasteiger partial charge in [0.2, 0.25) is 0 Å². The zero-order chi connectivity index (χ0) is 26.0. The van der Waals surface area contributed by atoms with Crippen molar-refractivity contribution in [3.63, 3.8) is 0 Å². The summed E-state index contributed by atoms with van der Waals surface area (Å²) in [6.45, 7) is -1.18. The first-order valence-electron chi connectivity index (χ1n) is 9.89. The molecule has 0 amide bonds. The molecule has 0 spiro atoms. The highest BCUT2D eigenvalue weighted by molar-refractivity contribution is 5.66. The molecule has 0 saturated heterocycles. The van der Waals surface area contributed by atoms with E-state index in [0.29, 0.717) is 23.6 Å². The van der Waals surface area contributed by atoms with Crippen LogP contribution in [0.15, 0.2) is 72.8 Å². The predicted molar refractivity (Wildman–Crippen MR) is 113 cm³/mol. The molecule has 0 aliphatic rings. The quantitative estimate of drug-likeness (QED) is 0.274.